The molecule has 34 heavy (non-hydrogen) atoms. The highest BCUT2D eigenvalue weighted by Crippen LogP contribution is 2.30. The molecule has 170 valence electrons. The summed E-state index contributed by atoms with van der Waals surface area (Å²) in [5.74, 6) is 0.472. The lowest BCUT2D eigenvalue weighted by Gasteiger charge is -2.15. The lowest BCUT2D eigenvalue weighted by atomic mass is 10.0. The van der Waals surface area contributed by atoms with Crippen molar-refractivity contribution in [2.24, 2.45) is 0 Å². The Kier molecular flexibility index (Phi) is 5.62. The number of aromatic nitrogens is 2. The number of hydrogen-bond donors (Lipinski definition) is 0. The first-order valence-electron chi connectivity index (χ1n) is 11.1. The minimum atomic E-state index is -0.380. The van der Waals surface area contributed by atoms with Gasteiger partial charge in [0.05, 0.1) is 16.6 Å². The van der Waals surface area contributed by atoms with Gasteiger partial charge in [-0.1, -0.05) is 42.1 Å². The van der Waals surface area contributed by atoms with Crippen LogP contribution in [0.15, 0.2) is 79.8 Å². The van der Waals surface area contributed by atoms with Crippen LogP contribution < -0.4 is 11.2 Å². The van der Waals surface area contributed by atoms with Crippen LogP contribution in [0.3, 0.4) is 0 Å². The Bertz CT molecular complexity index is 1680. The first-order chi connectivity index (χ1) is 16.3. The fourth-order valence-corrected chi connectivity index (χ4v) is 5.31. The van der Waals surface area contributed by atoms with Crippen molar-refractivity contribution in [2.45, 2.75) is 38.6 Å². The van der Waals surface area contributed by atoms with E-state index in [1.54, 1.807) is 10.6 Å². The molecule has 0 aliphatic carbocycles. The lowest BCUT2D eigenvalue weighted by molar-refractivity contribution is 0.557. The quantitative estimate of drug-likeness (QED) is 0.183. The predicted octanol–water partition coefficient (Wildman–Crippen LogP) is 6.02. The van der Waals surface area contributed by atoms with Crippen LogP contribution in [0.1, 0.15) is 27.8 Å². The van der Waals surface area contributed by atoms with Gasteiger partial charge in [-0.15, -0.1) is 0 Å². The van der Waals surface area contributed by atoms with Crippen molar-refractivity contribution < 1.29 is 4.42 Å². The smallest absolute Gasteiger partial charge is 0.336 e. The standard InChI is InChI=1S/C28H24N2O3S/c1-16-11-17(2)13-21(12-16)30-27(32)23-7-5-6-8-24(23)29-28(30)34-15-20-14-25(31)33-26-19(4)18(3)9-10-22(20)26/h5-14H,15H2,1-4H3. The van der Waals surface area contributed by atoms with E-state index in [9.17, 15) is 9.59 Å². The average molecular weight is 469 g/mol. The molecule has 0 saturated heterocycles. The van der Waals surface area contributed by atoms with Gasteiger partial charge in [0.1, 0.15) is 5.58 Å². The van der Waals surface area contributed by atoms with Crippen LogP contribution >= 0.6 is 11.8 Å². The van der Waals surface area contributed by atoms with Crippen LogP contribution in [-0.4, -0.2) is 9.55 Å². The zero-order valence-electron chi connectivity index (χ0n) is 19.5. The largest absolute Gasteiger partial charge is 0.422 e. The van der Waals surface area contributed by atoms with Gasteiger partial charge in [-0.25, -0.2) is 9.78 Å². The number of hydrogen-bond acceptors (Lipinski definition) is 5. The van der Waals surface area contributed by atoms with E-state index < -0.39 is 0 Å². The minimum Gasteiger partial charge on any atom is -0.422 e. The van der Waals surface area contributed by atoms with Crippen molar-refractivity contribution in [3.05, 3.63) is 109 Å². The predicted molar refractivity (Wildman–Crippen MR) is 138 cm³/mol. The molecule has 5 rings (SSSR count). The third-order valence-corrected chi connectivity index (χ3v) is 7.07. The highest BCUT2D eigenvalue weighted by molar-refractivity contribution is 7.98. The number of nitrogens with zero attached hydrogens (tertiary/aromatic N) is 2. The van der Waals surface area contributed by atoms with Crippen molar-refractivity contribution in [1.82, 2.24) is 9.55 Å². The Morgan fingerprint density at radius 2 is 1.62 bits per heavy atom. The fourth-order valence-electron chi connectivity index (χ4n) is 4.30. The van der Waals surface area contributed by atoms with Gasteiger partial charge in [0.2, 0.25) is 0 Å². The molecule has 5 aromatic rings. The molecular weight excluding hydrogens is 444 g/mol. The highest BCUT2D eigenvalue weighted by Gasteiger charge is 2.16. The third-order valence-electron chi connectivity index (χ3n) is 6.08. The van der Waals surface area contributed by atoms with Crippen LogP contribution in [0.5, 0.6) is 0 Å². The summed E-state index contributed by atoms with van der Waals surface area (Å²) in [6, 6.07) is 19.0. The van der Waals surface area contributed by atoms with E-state index in [0.717, 1.165) is 38.9 Å². The summed E-state index contributed by atoms with van der Waals surface area (Å²) < 4.78 is 7.20. The summed E-state index contributed by atoms with van der Waals surface area (Å²) in [6.07, 6.45) is 0. The number of benzene rings is 3. The van der Waals surface area contributed by atoms with E-state index in [0.29, 0.717) is 27.4 Å². The number of thioether (sulfide) groups is 1. The fraction of sp³-hybridized carbons (Fsp3) is 0.179. The second kappa shape index (κ2) is 8.61. The summed E-state index contributed by atoms with van der Waals surface area (Å²) in [5, 5.41) is 2.05. The molecule has 0 spiro atoms. The van der Waals surface area contributed by atoms with Crippen LogP contribution in [-0.2, 0) is 5.75 Å². The zero-order valence-corrected chi connectivity index (χ0v) is 20.3. The molecule has 2 aromatic heterocycles. The van der Waals surface area contributed by atoms with E-state index in [1.165, 1.54) is 17.8 Å². The second-order valence-corrected chi connectivity index (χ2v) is 9.60. The Hall–Kier alpha value is -3.64. The van der Waals surface area contributed by atoms with E-state index in [1.807, 2.05) is 70.2 Å². The SMILES string of the molecule is Cc1cc(C)cc(-n2c(SCc3cc(=O)oc4c(C)c(C)ccc34)nc3ccccc3c2=O)c1. The van der Waals surface area contributed by atoms with E-state index in [4.69, 9.17) is 9.40 Å². The third kappa shape index (κ3) is 3.94. The van der Waals surface area contributed by atoms with Crippen LogP contribution in [0.2, 0.25) is 0 Å². The van der Waals surface area contributed by atoms with Gasteiger partial charge in [0.25, 0.3) is 5.56 Å². The van der Waals surface area contributed by atoms with E-state index in [2.05, 4.69) is 6.07 Å². The molecule has 0 radical (unpaired) electrons. The molecular formula is C28H24N2O3S. The molecule has 0 atom stereocenters. The molecule has 3 aromatic carbocycles. The molecule has 2 heterocycles. The maximum absolute atomic E-state index is 13.6. The van der Waals surface area contributed by atoms with Gasteiger partial charge < -0.3 is 4.42 Å². The Morgan fingerprint density at radius 1 is 0.882 bits per heavy atom. The van der Waals surface area contributed by atoms with Gasteiger partial charge in [0.15, 0.2) is 5.16 Å². The van der Waals surface area contributed by atoms with Crippen LogP contribution in [0.4, 0.5) is 0 Å². The molecule has 0 saturated carbocycles. The number of aryl methyl sites for hydroxylation is 4. The number of para-hydroxylation sites is 1. The van der Waals surface area contributed by atoms with E-state index >= 15 is 0 Å². The highest BCUT2D eigenvalue weighted by atomic mass is 32.2. The first-order valence-corrected chi connectivity index (χ1v) is 12.1. The van der Waals surface area contributed by atoms with E-state index in [-0.39, 0.29) is 11.2 Å². The normalized spacial score (nSPS) is 11.4. The van der Waals surface area contributed by atoms with Crippen molar-refractivity contribution in [1.29, 1.82) is 0 Å². The summed E-state index contributed by atoms with van der Waals surface area (Å²) in [7, 11) is 0. The maximum atomic E-state index is 13.6. The molecule has 0 unspecified atom stereocenters. The molecule has 0 bridgehead atoms. The van der Waals surface area contributed by atoms with Crippen LogP contribution in [0, 0.1) is 27.7 Å². The van der Waals surface area contributed by atoms with Gasteiger partial charge in [0, 0.05) is 17.2 Å². The molecule has 0 aliphatic heterocycles. The second-order valence-electron chi connectivity index (χ2n) is 8.66. The van der Waals surface area contributed by atoms with Gasteiger partial charge in [-0.2, -0.15) is 0 Å². The summed E-state index contributed by atoms with van der Waals surface area (Å²) in [5.41, 5.74) is 6.59. The van der Waals surface area contributed by atoms with Crippen molar-refractivity contribution in [3.63, 3.8) is 0 Å². The van der Waals surface area contributed by atoms with Gasteiger partial charge in [-0.3, -0.25) is 9.36 Å². The monoisotopic (exact) mass is 468 g/mol. The van der Waals surface area contributed by atoms with Crippen LogP contribution in [0.25, 0.3) is 27.6 Å². The van der Waals surface area contributed by atoms with Crippen molar-refractivity contribution in [2.75, 3.05) is 0 Å². The Morgan fingerprint density at radius 3 is 2.38 bits per heavy atom. The van der Waals surface area contributed by atoms with Gasteiger partial charge >= 0.3 is 5.63 Å². The lowest BCUT2D eigenvalue weighted by Crippen LogP contribution is -2.22. The van der Waals surface area contributed by atoms with Gasteiger partial charge in [-0.05, 0) is 79.8 Å². The Balaban J connectivity index is 1.67. The Labute approximate surface area is 201 Å². The average Bonchev–Trinajstić information content (AvgIpc) is 2.79. The number of fused-ring (bicyclic) bond motifs is 2. The molecule has 0 N–H and O–H groups in total. The molecule has 6 heteroatoms. The topological polar surface area (TPSA) is 65.1 Å². The number of rotatable bonds is 4. The first kappa shape index (κ1) is 22.2. The summed E-state index contributed by atoms with van der Waals surface area (Å²) in [4.78, 5) is 30.7. The molecule has 0 fully saturated rings. The molecule has 0 amide bonds. The van der Waals surface area contributed by atoms with Crippen molar-refractivity contribution >= 4 is 33.6 Å². The maximum Gasteiger partial charge on any atom is 0.336 e. The van der Waals surface area contributed by atoms with Crippen molar-refractivity contribution in [3.8, 4) is 5.69 Å². The zero-order chi connectivity index (χ0) is 24.0. The molecule has 5 nitrogen and oxygen atoms in total. The minimum absolute atomic E-state index is 0.109. The summed E-state index contributed by atoms with van der Waals surface area (Å²) in [6.45, 7) is 7.99. The summed E-state index contributed by atoms with van der Waals surface area (Å²) >= 11 is 1.44. The molecule has 0 aliphatic rings.